The van der Waals surface area contributed by atoms with Gasteiger partial charge in [-0.1, -0.05) is 0 Å². The molecule has 0 aliphatic carbocycles. The highest BCUT2D eigenvalue weighted by Gasteiger charge is 2.41. The van der Waals surface area contributed by atoms with Crippen molar-refractivity contribution in [3.05, 3.63) is 23.8 Å². The standard InChI is InChI=1S/C13H14F2N2O2/c1-2-17-10-4-7(14)3-9(15)12(10)16-13(18)8-5-19-6-11(8)17/h3-4,8,11H,2,5-6H2,1H3,(H,16,18). The van der Waals surface area contributed by atoms with Crippen LogP contribution < -0.4 is 10.2 Å². The fourth-order valence-electron chi connectivity index (χ4n) is 2.81. The highest BCUT2D eigenvalue weighted by atomic mass is 19.1. The SMILES string of the molecule is CCN1c2cc(F)cc(F)c2NC(=O)C2COCC21. The first-order valence-corrected chi connectivity index (χ1v) is 6.26. The van der Waals surface area contributed by atoms with Crippen LogP contribution in [0.5, 0.6) is 0 Å². The second kappa shape index (κ2) is 4.45. The van der Waals surface area contributed by atoms with E-state index in [0.29, 0.717) is 25.4 Å². The summed E-state index contributed by atoms with van der Waals surface area (Å²) in [5.41, 5.74) is 0.439. The van der Waals surface area contributed by atoms with Crippen LogP contribution in [0.25, 0.3) is 0 Å². The molecule has 1 amide bonds. The van der Waals surface area contributed by atoms with Crippen molar-refractivity contribution in [1.29, 1.82) is 0 Å². The van der Waals surface area contributed by atoms with E-state index in [-0.39, 0.29) is 23.6 Å². The molecule has 0 bridgehead atoms. The van der Waals surface area contributed by atoms with Gasteiger partial charge in [-0.15, -0.1) is 0 Å². The van der Waals surface area contributed by atoms with Gasteiger partial charge < -0.3 is 15.0 Å². The quantitative estimate of drug-likeness (QED) is 0.843. The maximum Gasteiger partial charge on any atom is 0.232 e. The van der Waals surface area contributed by atoms with E-state index in [9.17, 15) is 13.6 Å². The number of amides is 1. The molecule has 0 spiro atoms. The van der Waals surface area contributed by atoms with Crippen molar-refractivity contribution < 1.29 is 18.3 Å². The number of fused-ring (bicyclic) bond motifs is 2. The van der Waals surface area contributed by atoms with E-state index in [0.717, 1.165) is 6.07 Å². The highest BCUT2D eigenvalue weighted by molar-refractivity contribution is 5.98. The minimum Gasteiger partial charge on any atom is -0.378 e. The first-order valence-electron chi connectivity index (χ1n) is 6.26. The van der Waals surface area contributed by atoms with Crippen molar-refractivity contribution in [3.8, 4) is 0 Å². The molecule has 0 saturated carbocycles. The molecule has 1 aromatic rings. The van der Waals surface area contributed by atoms with Gasteiger partial charge in [0.05, 0.1) is 30.9 Å². The van der Waals surface area contributed by atoms with E-state index in [1.807, 2.05) is 11.8 Å². The largest absolute Gasteiger partial charge is 0.378 e. The Hall–Kier alpha value is -1.69. The number of anilines is 2. The van der Waals surface area contributed by atoms with Crippen molar-refractivity contribution in [2.75, 3.05) is 30.0 Å². The van der Waals surface area contributed by atoms with Gasteiger partial charge in [-0.2, -0.15) is 0 Å². The molecule has 1 aromatic carbocycles. The van der Waals surface area contributed by atoms with Gasteiger partial charge >= 0.3 is 0 Å². The first kappa shape index (κ1) is 12.3. The van der Waals surface area contributed by atoms with E-state index in [1.54, 1.807) is 0 Å². The van der Waals surface area contributed by atoms with Gasteiger partial charge in [0.25, 0.3) is 0 Å². The third-order valence-electron chi connectivity index (χ3n) is 3.72. The summed E-state index contributed by atoms with van der Waals surface area (Å²) in [4.78, 5) is 13.9. The number of halogens is 2. The number of benzene rings is 1. The summed E-state index contributed by atoms with van der Waals surface area (Å²) in [6, 6.07) is 1.86. The lowest BCUT2D eigenvalue weighted by Crippen LogP contribution is -2.42. The lowest BCUT2D eigenvalue weighted by atomic mass is 10.0. The second-order valence-electron chi connectivity index (χ2n) is 4.77. The summed E-state index contributed by atoms with van der Waals surface area (Å²) in [6.45, 7) is 3.14. The Morgan fingerprint density at radius 1 is 1.42 bits per heavy atom. The number of likely N-dealkylation sites (N-methyl/N-ethyl adjacent to an activating group) is 1. The Morgan fingerprint density at radius 2 is 2.21 bits per heavy atom. The summed E-state index contributed by atoms with van der Waals surface area (Å²) >= 11 is 0. The monoisotopic (exact) mass is 268 g/mol. The minimum atomic E-state index is -0.748. The Kier molecular flexibility index (Phi) is 2.89. The van der Waals surface area contributed by atoms with Crippen LogP contribution in [0.4, 0.5) is 20.2 Å². The smallest absolute Gasteiger partial charge is 0.232 e. The van der Waals surface area contributed by atoms with Crippen molar-refractivity contribution in [3.63, 3.8) is 0 Å². The van der Waals surface area contributed by atoms with E-state index in [2.05, 4.69) is 5.32 Å². The predicted octanol–water partition coefficient (Wildman–Crippen LogP) is 1.76. The van der Waals surface area contributed by atoms with E-state index in [1.165, 1.54) is 6.07 Å². The maximum absolute atomic E-state index is 13.9. The number of carbonyl (C=O) groups excluding carboxylic acids is 1. The van der Waals surface area contributed by atoms with Crippen molar-refractivity contribution in [2.45, 2.75) is 13.0 Å². The summed E-state index contributed by atoms with van der Waals surface area (Å²) in [5.74, 6) is -2.02. The Morgan fingerprint density at radius 3 is 2.95 bits per heavy atom. The first-order chi connectivity index (χ1) is 9.11. The molecule has 0 aromatic heterocycles. The second-order valence-corrected chi connectivity index (χ2v) is 4.77. The van der Waals surface area contributed by atoms with Gasteiger partial charge in [-0.3, -0.25) is 4.79 Å². The number of hydrogen-bond acceptors (Lipinski definition) is 3. The molecular weight excluding hydrogens is 254 g/mol. The molecule has 2 aliphatic heterocycles. The molecule has 4 nitrogen and oxygen atoms in total. The van der Waals surface area contributed by atoms with Crippen molar-refractivity contribution >= 4 is 17.3 Å². The molecule has 1 N–H and O–H groups in total. The summed E-state index contributed by atoms with van der Waals surface area (Å²) in [5, 5.41) is 2.55. The van der Waals surface area contributed by atoms with Crippen LogP contribution in [0.2, 0.25) is 0 Å². The number of nitrogens with one attached hydrogen (secondary N) is 1. The van der Waals surface area contributed by atoms with Crippen molar-refractivity contribution in [2.24, 2.45) is 5.92 Å². The molecule has 6 heteroatoms. The van der Waals surface area contributed by atoms with Crippen LogP contribution in [0.1, 0.15) is 6.92 Å². The molecule has 2 heterocycles. The van der Waals surface area contributed by atoms with Crippen LogP contribution in [-0.2, 0) is 9.53 Å². The molecule has 19 heavy (non-hydrogen) atoms. The lowest BCUT2D eigenvalue weighted by Gasteiger charge is -2.30. The third-order valence-corrected chi connectivity index (χ3v) is 3.72. The van der Waals surface area contributed by atoms with E-state index < -0.39 is 11.6 Å². The number of ether oxygens (including phenoxy) is 1. The summed E-state index contributed by atoms with van der Waals surface area (Å²) < 4.78 is 32.6. The minimum absolute atomic E-state index is 0.0580. The molecule has 2 aliphatic rings. The molecule has 1 saturated heterocycles. The fraction of sp³-hybridized carbons (Fsp3) is 0.462. The topological polar surface area (TPSA) is 41.6 Å². The van der Waals surface area contributed by atoms with Gasteiger partial charge in [0, 0.05) is 12.6 Å². The van der Waals surface area contributed by atoms with Gasteiger partial charge in [-0.25, -0.2) is 8.78 Å². The lowest BCUT2D eigenvalue weighted by molar-refractivity contribution is -0.120. The molecule has 2 unspecified atom stereocenters. The zero-order valence-electron chi connectivity index (χ0n) is 10.5. The number of hydrogen-bond donors (Lipinski definition) is 1. The van der Waals surface area contributed by atoms with Gasteiger partial charge in [0.15, 0.2) is 5.82 Å². The number of rotatable bonds is 1. The predicted molar refractivity (Wildman–Crippen MR) is 66.1 cm³/mol. The molecule has 2 atom stereocenters. The molecule has 102 valence electrons. The van der Waals surface area contributed by atoms with Crippen LogP contribution in [-0.4, -0.2) is 31.7 Å². The molecule has 1 fully saturated rings. The Bertz CT molecular complexity index is 536. The zero-order valence-corrected chi connectivity index (χ0v) is 10.5. The molecule has 3 rings (SSSR count). The van der Waals surface area contributed by atoms with Gasteiger partial charge in [-0.05, 0) is 13.0 Å². The van der Waals surface area contributed by atoms with E-state index in [4.69, 9.17) is 4.74 Å². The number of nitrogens with zero attached hydrogens (tertiary/aromatic N) is 1. The summed E-state index contributed by atoms with van der Waals surface area (Å²) in [7, 11) is 0. The number of carbonyl (C=O) groups is 1. The van der Waals surface area contributed by atoms with Crippen LogP contribution in [0.15, 0.2) is 12.1 Å². The fourth-order valence-corrected chi connectivity index (χ4v) is 2.81. The normalized spacial score (nSPS) is 25.6. The third kappa shape index (κ3) is 1.87. The zero-order chi connectivity index (χ0) is 13.6. The van der Waals surface area contributed by atoms with Crippen LogP contribution in [0.3, 0.4) is 0 Å². The highest BCUT2D eigenvalue weighted by Crippen LogP contribution is 2.37. The Balaban J connectivity index is 2.16. The summed E-state index contributed by atoms with van der Waals surface area (Å²) in [6.07, 6.45) is 0. The maximum atomic E-state index is 13.9. The average Bonchev–Trinajstić information content (AvgIpc) is 2.79. The molecule has 0 radical (unpaired) electrons. The van der Waals surface area contributed by atoms with Crippen molar-refractivity contribution in [1.82, 2.24) is 0 Å². The molecular formula is C13H14F2N2O2. The van der Waals surface area contributed by atoms with Crippen LogP contribution >= 0.6 is 0 Å². The van der Waals surface area contributed by atoms with Crippen LogP contribution in [0, 0.1) is 17.6 Å². The van der Waals surface area contributed by atoms with Gasteiger partial charge in [0.2, 0.25) is 5.91 Å². The van der Waals surface area contributed by atoms with Gasteiger partial charge in [0.1, 0.15) is 11.5 Å². The van der Waals surface area contributed by atoms with E-state index >= 15 is 0 Å². The Labute approximate surface area is 109 Å². The average molecular weight is 268 g/mol.